The molecular weight excluding hydrogens is 478 g/mol. The Morgan fingerprint density at radius 2 is 1.81 bits per heavy atom. The molecule has 0 saturated carbocycles. The fourth-order valence-electron chi connectivity index (χ4n) is 3.57. The van der Waals surface area contributed by atoms with Gasteiger partial charge in [-0.05, 0) is 65.6 Å². The number of aliphatic carboxylic acids is 1. The lowest BCUT2D eigenvalue weighted by molar-refractivity contribution is -0.131. The molecule has 3 rings (SSSR count). The van der Waals surface area contributed by atoms with Crippen LogP contribution in [0, 0.1) is 0 Å². The molecule has 0 unspecified atom stereocenters. The number of hydrogen-bond donors (Lipinski definition) is 1. The van der Waals surface area contributed by atoms with Crippen LogP contribution in [0.15, 0.2) is 47.6 Å². The van der Waals surface area contributed by atoms with Crippen LogP contribution >= 0.6 is 11.8 Å². The third-order valence-corrected chi connectivity index (χ3v) is 6.58. The maximum atomic E-state index is 11.0. The number of ether oxygens (including phenoxy) is 2. The molecule has 10 heteroatoms. The molecule has 1 N–H and O–H groups in total. The van der Waals surface area contributed by atoms with Crippen LogP contribution in [0.2, 0.25) is 0 Å². The van der Waals surface area contributed by atoms with Crippen molar-refractivity contribution in [2.45, 2.75) is 55.9 Å². The SMILES string of the molecule is COc1ccc(CCCCCCCCOc2ccc(CSc3nnnn3C)nc2C=CC(=O)O)cc1. The summed E-state index contributed by atoms with van der Waals surface area (Å²) >= 11 is 1.46. The lowest BCUT2D eigenvalue weighted by Gasteiger charge is -2.10. The van der Waals surface area contributed by atoms with Crippen LogP contribution in [0.25, 0.3) is 6.08 Å². The van der Waals surface area contributed by atoms with Gasteiger partial charge in [-0.2, -0.15) is 0 Å². The van der Waals surface area contributed by atoms with E-state index in [1.807, 2.05) is 24.3 Å². The second kappa shape index (κ2) is 14.9. The van der Waals surface area contributed by atoms with E-state index in [4.69, 9.17) is 14.6 Å². The number of pyridine rings is 1. The minimum absolute atomic E-state index is 0.505. The number of carboxylic acids is 1. The molecule has 1 aromatic carbocycles. The molecule has 0 radical (unpaired) electrons. The first-order valence-corrected chi connectivity index (χ1v) is 13.1. The lowest BCUT2D eigenvalue weighted by atomic mass is 10.0. The third kappa shape index (κ3) is 9.33. The number of hydrogen-bond acceptors (Lipinski definition) is 8. The highest BCUT2D eigenvalue weighted by molar-refractivity contribution is 7.98. The van der Waals surface area contributed by atoms with Gasteiger partial charge in [0, 0.05) is 18.9 Å². The quantitative estimate of drug-likeness (QED) is 0.162. The molecule has 0 spiro atoms. The number of thioether (sulfide) groups is 1. The van der Waals surface area contributed by atoms with Gasteiger partial charge >= 0.3 is 5.97 Å². The largest absolute Gasteiger partial charge is 0.497 e. The van der Waals surface area contributed by atoms with Crippen LogP contribution in [-0.2, 0) is 24.0 Å². The van der Waals surface area contributed by atoms with Crippen molar-refractivity contribution in [3.8, 4) is 11.5 Å². The second-order valence-corrected chi connectivity index (χ2v) is 9.24. The number of aromatic nitrogens is 5. The van der Waals surface area contributed by atoms with E-state index in [1.165, 1.54) is 49.1 Å². The van der Waals surface area contributed by atoms with Crippen LogP contribution in [0.1, 0.15) is 55.5 Å². The van der Waals surface area contributed by atoms with Crippen molar-refractivity contribution in [3.63, 3.8) is 0 Å². The first-order chi connectivity index (χ1) is 17.5. The summed E-state index contributed by atoms with van der Waals surface area (Å²) in [4.78, 5) is 15.6. The van der Waals surface area contributed by atoms with Crippen molar-refractivity contribution in [1.82, 2.24) is 25.2 Å². The first kappa shape index (κ1) is 27.2. The number of tetrazole rings is 1. The fourth-order valence-corrected chi connectivity index (χ4v) is 4.33. The number of unbranched alkanes of at least 4 members (excludes halogenated alkanes) is 5. The molecule has 0 aliphatic rings. The van der Waals surface area contributed by atoms with E-state index in [-0.39, 0.29) is 0 Å². The van der Waals surface area contributed by atoms with Crippen LogP contribution in [-0.4, -0.2) is 50.0 Å². The van der Waals surface area contributed by atoms with Gasteiger partial charge in [0.25, 0.3) is 0 Å². The molecule has 0 aliphatic carbocycles. The summed E-state index contributed by atoms with van der Waals surface area (Å²) in [6.07, 6.45) is 10.4. The number of carbonyl (C=O) groups is 1. The zero-order chi connectivity index (χ0) is 25.6. The molecule has 9 nitrogen and oxygen atoms in total. The molecule has 0 fully saturated rings. The Morgan fingerprint density at radius 3 is 2.50 bits per heavy atom. The van der Waals surface area contributed by atoms with Gasteiger partial charge in [0.15, 0.2) is 0 Å². The zero-order valence-electron chi connectivity index (χ0n) is 20.8. The summed E-state index contributed by atoms with van der Waals surface area (Å²) in [5.74, 6) is 1.01. The third-order valence-electron chi connectivity index (χ3n) is 5.53. The number of methoxy groups -OCH3 is 1. The van der Waals surface area contributed by atoms with Crippen LogP contribution in [0.5, 0.6) is 11.5 Å². The minimum Gasteiger partial charge on any atom is -0.497 e. The van der Waals surface area contributed by atoms with Crippen molar-refractivity contribution in [2.24, 2.45) is 7.05 Å². The standard InChI is InChI=1S/C26H33N5O4S/c1-31-26(28-29-30-31)36-19-21-12-16-24(23(27-21)15-17-25(32)33)35-18-8-6-4-3-5-7-9-20-10-13-22(34-2)14-11-20/h10-17H,3-9,18-19H2,1-2H3,(H,32,33). The molecule has 2 heterocycles. The van der Waals surface area contributed by atoms with Gasteiger partial charge in [0.1, 0.15) is 17.2 Å². The fraction of sp³-hybridized carbons (Fsp3) is 0.423. The van der Waals surface area contributed by atoms with Crippen molar-refractivity contribution >= 4 is 23.8 Å². The van der Waals surface area contributed by atoms with Crippen LogP contribution < -0.4 is 9.47 Å². The summed E-state index contributed by atoms with van der Waals surface area (Å²) < 4.78 is 12.7. The van der Waals surface area contributed by atoms with E-state index in [1.54, 1.807) is 18.8 Å². The Kier molecular flexibility index (Phi) is 11.2. The highest BCUT2D eigenvalue weighted by Gasteiger charge is 2.09. The molecule has 0 amide bonds. The Bertz CT molecular complexity index is 1120. The Balaban J connectivity index is 1.37. The number of benzene rings is 1. The molecule has 0 atom stereocenters. The monoisotopic (exact) mass is 511 g/mol. The van der Waals surface area contributed by atoms with E-state index in [9.17, 15) is 4.79 Å². The molecule has 0 bridgehead atoms. The smallest absolute Gasteiger partial charge is 0.328 e. The average Bonchev–Trinajstić information content (AvgIpc) is 3.30. The molecular formula is C26H33N5O4S. The molecule has 0 saturated heterocycles. The van der Waals surface area contributed by atoms with E-state index >= 15 is 0 Å². The topological polar surface area (TPSA) is 112 Å². The predicted molar refractivity (Wildman–Crippen MR) is 139 cm³/mol. The van der Waals surface area contributed by atoms with Crippen LogP contribution in [0.4, 0.5) is 0 Å². The van der Waals surface area contributed by atoms with E-state index in [2.05, 4.69) is 32.6 Å². The van der Waals surface area contributed by atoms with E-state index in [0.717, 1.165) is 36.8 Å². The highest BCUT2D eigenvalue weighted by Crippen LogP contribution is 2.24. The lowest BCUT2D eigenvalue weighted by Crippen LogP contribution is -2.02. The molecule has 3 aromatic rings. The van der Waals surface area contributed by atoms with Gasteiger partial charge in [-0.15, -0.1) is 5.10 Å². The van der Waals surface area contributed by atoms with Gasteiger partial charge in [-0.1, -0.05) is 49.6 Å². The van der Waals surface area contributed by atoms with E-state index < -0.39 is 5.97 Å². The maximum Gasteiger partial charge on any atom is 0.328 e. The first-order valence-electron chi connectivity index (χ1n) is 12.1. The minimum atomic E-state index is -1.03. The summed E-state index contributed by atoms with van der Waals surface area (Å²) in [6.45, 7) is 0.570. The Morgan fingerprint density at radius 1 is 1.06 bits per heavy atom. The van der Waals surface area contributed by atoms with Crippen molar-refractivity contribution in [2.75, 3.05) is 13.7 Å². The Hall–Kier alpha value is -3.40. The normalized spacial score (nSPS) is 11.2. The molecule has 2 aromatic heterocycles. The van der Waals surface area contributed by atoms with Gasteiger partial charge in [0.05, 0.1) is 19.4 Å². The second-order valence-electron chi connectivity index (χ2n) is 8.30. The van der Waals surface area contributed by atoms with E-state index in [0.29, 0.717) is 29.0 Å². The summed E-state index contributed by atoms with van der Waals surface area (Å²) in [7, 11) is 3.46. The molecule has 0 aliphatic heterocycles. The summed E-state index contributed by atoms with van der Waals surface area (Å²) in [5.41, 5.74) is 2.64. The average molecular weight is 512 g/mol. The van der Waals surface area contributed by atoms with Crippen molar-refractivity contribution < 1.29 is 19.4 Å². The predicted octanol–water partition coefficient (Wildman–Crippen LogP) is 4.97. The zero-order valence-corrected chi connectivity index (χ0v) is 21.6. The van der Waals surface area contributed by atoms with Crippen molar-refractivity contribution in [3.05, 3.63) is 59.4 Å². The van der Waals surface area contributed by atoms with Gasteiger partial charge in [-0.25, -0.2) is 14.5 Å². The highest BCUT2D eigenvalue weighted by atomic mass is 32.2. The van der Waals surface area contributed by atoms with Crippen molar-refractivity contribution in [1.29, 1.82) is 0 Å². The number of nitrogens with zero attached hydrogens (tertiary/aromatic N) is 5. The molecule has 192 valence electrons. The summed E-state index contributed by atoms with van der Waals surface area (Å²) in [5, 5.41) is 21.1. The van der Waals surface area contributed by atoms with Gasteiger partial charge in [-0.3, -0.25) is 0 Å². The van der Waals surface area contributed by atoms with Crippen LogP contribution in [0.3, 0.4) is 0 Å². The number of rotatable bonds is 16. The Labute approximate surface area is 215 Å². The molecule has 36 heavy (non-hydrogen) atoms. The number of aryl methyl sites for hydroxylation is 2. The summed E-state index contributed by atoms with van der Waals surface area (Å²) in [6, 6.07) is 12.0. The van der Waals surface area contributed by atoms with Gasteiger partial charge in [0.2, 0.25) is 5.16 Å². The van der Waals surface area contributed by atoms with Gasteiger partial charge < -0.3 is 14.6 Å². The maximum absolute atomic E-state index is 11.0. The number of carboxylic acid groups (broad SMARTS) is 1.